The molecule has 4 heterocycles. The number of hydrogen-bond donors (Lipinski definition) is 1. The Kier molecular flexibility index (Phi) is 9.44. The molecule has 1 aromatic carbocycles. The van der Waals surface area contributed by atoms with E-state index >= 15 is 0 Å². The van der Waals surface area contributed by atoms with Crippen LogP contribution in [0.15, 0.2) is 12.1 Å². The van der Waals surface area contributed by atoms with Crippen molar-refractivity contribution in [3.8, 4) is 17.6 Å². The number of rotatable bonds is 7. The van der Waals surface area contributed by atoms with Crippen LogP contribution in [0.2, 0.25) is 0 Å². The monoisotopic (exact) mass is 533 g/mol. The second-order valence-electron chi connectivity index (χ2n) is 11.7. The Bertz CT molecular complexity index is 1160. The second-order valence-corrected chi connectivity index (χ2v) is 11.7. The summed E-state index contributed by atoms with van der Waals surface area (Å²) in [4.78, 5) is 20.0. The number of likely N-dealkylation sites (N-methyl/N-ethyl adjacent to an activating group) is 1. The molecule has 1 N–H and O–H groups in total. The molecule has 8 nitrogen and oxygen atoms in total. The highest BCUT2D eigenvalue weighted by molar-refractivity contribution is 5.93. The fourth-order valence-electron chi connectivity index (χ4n) is 6.04. The molecule has 0 unspecified atom stereocenters. The average Bonchev–Trinajstić information content (AvgIpc) is 3.37. The summed E-state index contributed by atoms with van der Waals surface area (Å²) in [7, 11) is 3.93. The largest absolute Gasteiger partial charge is 0.495 e. The lowest BCUT2D eigenvalue weighted by molar-refractivity contribution is 0.177. The summed E-state index contributed by atoms with van der Waals surface area (Å²) in [6.07, 6.45) is 6.85. The van der Waals surface area contributed by atoms with E-state index in [4.69, 9.17) is 14.7 Å². The van der Waals surface area contributed by atoms with Crippen molar-refractivity contribution in [2.45, 2.75) is 64.5 Å². The SMILES string of the molecule is COc1cc2c(NC3CCN(C(C)C)CC3)nc(N3CCCN(C)CC3)nc2cc1C#CCCN1CCCC1. The summed E-state index contributed by atoms with van der Waals surface area (Å²) in [5, 5.41) is 4.84. The zero-order chi connectivity index (χ0) is 27.2. The number of aromatic nitrogens is 2. The molecule has 39 heavy (non-hydrogen) atoms. The summed E-state index contributed by atoms with van der Waals surface area (Å²) >= 11 is 0. The fourth-order valence-corrected chi connectivity index (χ4v) is 6.04. The minimum atomic E-state index is 0.400. The predicted molar refractivity (Wildman–Crippen MR) is 161 cm³/mol. The van der Waals surface area contributed by atoms with Gasteiger partial charge in [0.15, 0.2) is 0 Å². The van der Waals surface area contributed by atoms with Crippen molar-refractivity contribution in [2.75, 3.05) is 83.3 Å². The van der Waals surface area contributed by atoms with Crippen molar-refractivity contribution in [1.82, 2.24) is 24.7 Å². The van der Waals surface area contributed by atoms with Gasteiger partial charge in [-0.3, -0.25) is 0 Å². The first kappa shape index (κ1) is 27.9. The van der Waals surface area contributed by atoms with Gasteiger partial charge in [-0.2, -0.15) is 4.98 Å². The van der Waals surface area contributed by atoms with Gasteiger partial charge in [-0.1, -0.05) is 11.8 Å². The van der Waals surface area contributed by atoms with Crippen LogP contribution in [0.5, 0.6) is 5.75 Å². The Balaban J connectivity index is 1.44. The van der Waals surface area contributed by atoms with Crippen LogP contribution in [0.3, 0.4) is 0 Å². The van der Waals surface area contributed by atoms with Crippen LogP contribution >= 0.6 is 0 Å². The number of ether oxygens (including phenoxy) is 1. The molecule has 3 aliphatic rings. The molecule has 0 spiro atoms. The van der Waals surface area contributed by atoms with Crippen LogP contribution in [0.1, 0.15) is 57.9 Å². The van der Waals surface area contributed by atoms with Crippen LogP contribution in [0, 0.1) is 11.8 Å². The van der Waals surface area contributed by atoms with Crippen LogP contribution in [0.25, 0.3) is 10.9 Å². The third-order valence-corrected chi connectivity index (χ3v) is 8.58. The van der Waals surface area contributed by atoms with Gasteiger partial charge in [0, 0.05) is 63.2 Å². The van der Waals surface area contributed by atoms with E-state index < -0.39 is 0 Å². The highest BCUT2D eigenvalue weighted by atomic mass is 16.5. The maximum Gasteiger partial charge on any atom is 0.227 e. The molecule has 212 valence electrons. The van der Waals surface area contributed by atoms with E-state index in [9.17, 15) is 0 Å². The maximum atomic E-state index is 5.83. The molecule has 1 aromatic heterocycles. The molecule has 0 aliphatic carbocycles. The van der Waals surface area contributed by atoms with Gasteiger partial charge in [0.2, 0.25) is 5.95 Å². The van der Waals surface area contributed by atoms with E-state index in [0.717, 1.165) is 105 Å². The normalized spacial score (nSPS) is 20.3. The summed E-state index contributed by atoms with van der Waals surface area (Å²) < 4.78 is 5.83. The first-order chi connectivity index (χ1) is 19.0. The molecular formula is C31H47N7O. The minimum absolute atomic E-state index is 0.400. The van der Waals surface area contributed by atoms with Crippen LogP contribution < -0.4 is 15.0 Å². The first-order valence-electron chi connectivity index (χ1n) is 15.0. The van der Waals surface area contributed by atoms with Crippen molar-refractivity contribution < 1.29 is 4.74 Å². The first-order valence-corrected chi connectivity index (χ1v) is 15.0. The van der Waals surface area contributed by atoms with Gasteiger partial charge in [-0.05, 0) is 84.8 Å². The van der Waals surface area contributed by atoms with Crippen molar-refractivity contribution in [1.29, 1.82) is 0 Å². The molecule has 2 aromatic rings. The molecule has 5 rings (SSSR count). The lowest BCUT2D eigenvalue weighted by Crippen LogP contribution is -2.42. The molecule has 3 saturated heterocycles. The lowest BCUT2D eigenvalue weighted by atomic mass is 10.0. The number of likely N-dealkylation sites (tertiary alicyclic amines) is 2. The topological polar surface area (TPSA) is 60.0 Å². The summed E-state index contributed by atoms with van der Waals surface area (Å²) in [6.45, 7) is 14.3. The highest BCUT2D eigenvalue weighted by Gasteiger charge is 2.24. The average molecular weight is 534 g/mol. The van der Waals surface area contributed by atoms with Gasteiger partial charge >= 0.3 is 0 Å². The van der Waals surface area contributed by atoms with Gasteiger partial charge in [-0.15, -0.1) is 0 Å². The Morgan fingerprint density at radius 3 is 2.51 bits per heavy atom. The Morgan fingerprint density at radius 2 is 1.77 bits per heavy atom. The van der Waals surface area contributed by atoms with Gasteiger partial charge in [0.25, 0.3) is 0 Å². The number of benzene rings is 1. The van der Waals surface area contributed by atoms with E-state index in [-0.39, 0.29) is 0 Å². The molecule has 0 atom stereocenters. The summed E-state index contributed by atoms with van der Waals surface area (Å²) in [5.74, 6) is 9.33. The fraction of sp³-hybridized carbons (Fsp3) is 0.677. The molecule has 0 bridgehead atoms. The van der Waals surface area contributed by atoms with E-state index in [0.29, 0.717) is 12.1 Å². The number of hydrogen-bond acceptors (Lipinski definition) is 8. The zero-order valence-electron chi connectivity index (χ0n) is 24.5. The van der Waals surface area contributed by atoms with Crippen LogP contribution in [-0.2, 0) is 0 Å². The predicted octanol–water partition coefficient (Wildman–Crippen LogP) is 3.90. The van der Waals surface area contributed by atoms with Crippen molar-refractivity contribution in [3.05, 3.63) is 17.7 Å². The lowest BCUT2D eigenvalue weighted by Gasteiger charge is -2.35. The molecule has 3 aliphatic heterocycles. The molecule has 3 fully saturated rings. The third kappa shape index (κ3) is 7.13. The number of fused-ring (bicyclic) bond motifs is 1. The Labute approximate surface area is 235 Å². The second kappa shape index (κ2) is 13.2. The number of piperidine rings is 1. The summed E-state index contributed by atoms with van der Waals surface area (Å²) in [6, 6.07) is 5.19. The van der Waals surface area contributed by atoms with Crippen molar-refractivity contribution in [3.63, 3.8) is 0 Å². The number of methoxy groups -OCH3 is 1. The van der Waals surface area contributed by atoms with E-state index in [2.05, 4.69) is 69.8 Å². The molecule has 0 saturated carbocycles. The zero-order valence-corrected chi connectivity index (χ0v) is 24.5. The number of nitrogens with zero attached hydrogens (tertiary/aromatic N) is 6. The minimum Gasteiger partial charge on any atom is -0.495 e. The van der Waals surface area contributed by atoms with Crippen molar-refractivity contribution >= 4 is 22.7 Å². The standard InChI is InChI=1S/C31H47N7O/c1-24(2)37-18-11-26(12-19-37)32-30-27-23-29(39-4)25(10-5-6-14-36-15-7-8-16-36)22-28(27)33-31(34-30)38-17-9-13-35(3)20-21-38/h22-24,26H,6-9,11-21H2,1-4H3,(H,32,33,34). The number of nitrogens with one attached hydrogen (secondary N) is 1. The van der Waals surface area contributed by atoms with Gasteiger partial charge in [0.1, 0.15) is 11.6 Å². The third-order valence-electron chi connectivity index (χ3n) is 8.58. The molecule has 0 amide bonds. The molecular weight excluding hydrogens is 486 g/mol. The van der Waals surface area contributed by atoms with Gasteiger partial charge < -0.3 is 29.7 Å². The molecule has 0 radical (unpaired) electrons. The van der Waals surface area contributed by atoms with Gasteiger partial charge in [-0.25, -0.2) is 4.98 Å². The molecule has 8 heteroatoms. The quantitative estimate of drug-likeness (QED) is 0.538. The Hall–Kier alpha value is -2.60. The van der Waals surface area contributed by atoms with Crippen molar-refractivity contribution in [2.24, 2.45) is 0 Å². The van der Waals surface area contributed by atoms with E-state index in [1.54, 1.807) is 7.11 Å². The number of anilines is 2. The maximum absolute atomic E-state index is 5.83. The van der Waals surface area contributed by atoms with E-state index in [1.807, 2.05) is 0 Å². The van der Waals surface area contributed by atoms with Crippen LogP contribution in [0.4, 0.5) is 11.8 Å². The van der Waals surface area contributed by atoms with Crippen LogP contribution in [-0.4, -0.2) is 110 Å². The summed E-state index contributed by atoms with van der Waals surface area (Å²) in [5.41, 5.74) is 1.84. The highest BCUT2D eigenvalue weighted by Crippen LogP contribution is 2.32. The van der Waals surface area contributed by atoms with E-state index in [1.165, 1.54) is 25.9 Å². The smallest absolute Gasteiger partial charge is 0.227 e. The van der Waals surface area contributed by atoms with Gasteiger partial charge in [0.05, 0.1) is 18.2 Å². The Morgan fingerprint density at radius 1 is 0.974 bits per heavy atom.